The maximum Gasteiger partial charge on any atom is 0.160 e. The van der Waals surface area contributed by atoms with E-state index in [1.807, 2.05) is 25.1 Å². The van der Waals surface area contributed by atoms with Crippen LogP contribution < -0.4 is 4.90 Å². The standard InChI is InChI=1S/C20H24N6/c1-14-21-17-9-3-2-8-16(17)20(22-14)25-11-6-7-15(13-25)19-24-23-18-10-4-5-12-26(18)19/h4-5,10,12,15H,2-3,6-9,11,13H2,1H3. The van der Waals surface area contributed by atoms with Crippen LogP contribution in [0.25, 0.3) is 5.65 Å². The van der Waals surface area contributed by atoms with Crippen LogP contribution in [-0.2, 0) is 12.8 Å². The van der Waals surface area contributed by atoms with Crippen molar-refractivity contribution >= 4 is 11.5 Å². The summed E-state index contributed by atoms with van der Waals surface area (Å²) in [6, 6.07) is 6.07. The van der Waals surface area contributed by atoms with Gasteiger partial charge in [-0.1, -0.05) is 6.07 Å². The van der Waals surface area contributed by atoms with Crippen LogP contribution in [0.3, 0.4) is 0 Å². The third-order valence-corrected chi connectivity index (χ3v) is 5.70. The van der Waals surface area contributed by atoms with E-state index in [9.17, 15) is 0 Å². The molecule has 134 valence electrons. The summed E-state index contributed by atoms with van der Waals surface area (Å²) in [5.41, 5.74) is 3.58. The number of rotatable bonds is 2. The summed E-state index contributed by atoms with van der Waals surface area (Å²) in [4.78, 5) is 12.0. The molecule has 26 heavy (non-hydrogen) atoms. The molecule has 0 spiro atoms. The van der Waals surface area contributed by atoms with Crippen LogP contribution >= 0.6 is 0 Å². The van der Waals surface area contributed by atoms with E-state index >= 15 is 0 Å². The molecule has 0 radical (unpaired) electrons. The number of nitrogens with zero attached hydrogens (tertiary/aromatic N) is 6. The van der Waals surface area contributed by atoms with Crippen LogP contribution in [0.2, 0.25) is 0 Å². The highest BCUT2D eigenvalue weighted by Gasteiger charge is 2.28. The Morgan fingerprint density at radius 2 is 1.96 bits per heavy atom. The van der Waals surface area contributed by atoms with Gasteiger partial charge in [0.15, 0.2) is 5.65 Å². The van der Waals surface area contributed by atoms with Crippen LogP contribution in [0.15, 0.2) is 24.4 Å². The molecule has 3 aromatic heterocycles. The SMILES string of the molecule is Cc1nc2c(c(N3CCCC(c4nnc5ccccn45)C3)n1)CCCC2. The van der Waals surface area contributed by atoms with Crippen molar-refractivity contribution in [1.29, 1.82) is 0 Å². The molecule has 1 atom stereocenters. The van der Waals surface area contributed by atoms with E-state index in [4.69, 9.17) is 9.97 Å². The lowest BCUT2D eigenvalue weighted by Gasteiger charge is -2.35. The highest BCUT2D eigenvalue weighted by Crippen LogP contribution is 2.33. The molecule has 1 saturated heterocycles. The molecule has 0 amide bonds. The van der Waals surface area contributed by atoms with Gasteiger partial charge in [-0.15, -0.1) is 10.2 Å². The van der Waals surface area contributed by atoms with E-state index in [0.717, 1.165) is 56.1 Å². The fourth-order valence-corrected chi connectivity index (χ4v) is 4.47. The van der Waals surface area contributed by atoms with Gasteiger partial charge in [0.05, 0.1) is 0 Å². The molecule has 3 aromatic rings. The van der Waals surface area contributed by atoms with Gasteiger partial charge in [-0.2, -0.15) is 0 Å². The molecule has 1 fully saturated rings. The van der Waals surface area contributed by atoms with Crippen molar-refractivity contribution in [2.24, 2.45) is 0 Å². The molecule has 1 unspecified atom stereocenters. The Morgan fingerprint density at radius 1 is 1.04 bits per heavy atom. The lowest BCUT2D eigenvalue weighted by Crippen LogP contribution is -2.37. The monoisotopic (exact) mass is 348 g/mol. The van der Waals surface area contributed by atoms with Gasteiger partial charge in [0.25, 0.3) is 0 Å². The largest absolute Gasteiger partial charge is 0.356 e. The second kappa shape index (κ2) is 6.34. The summed E-state index contributed by atoms with van der Waals surface area (Å²) in [7, 11) is 0. The number of aryl methyl sites for hydroxylation is 2. The van der Waals surface area contributed by atoms with Crippen molar-refractivity contribution in [2.75, 3.05) is 18.0 Å². The first-order valence-corrected chi connectivity index (χ1v) is 9.70. The molecule has 4 heterocycles. The fraction of sp³-hybridized carbons (Fsp3) is 0.500. The smallest absolute Gasteiger partial charge is 0.160 e. The van der Waals surface area contributed by atoms with Crippen molar-refractivity contribution in [3.8, 4) is 0 Å². The van der Waals surface area contributed by atoms with E-state index in [0.29, 0.717) is 5.92 Å². The summed E-state index contributed by atoms with van der Waals surface area (Å²) in [6.07, 6.45) is 9.08. The molecule has 6 heteroatoms. The van der Waals surface area contributed by atoms with Crippen LogP contribution in [0.5, 0.6) is 0 Å². The fourth-order valence-electron chi connectivity index (χ4n) is 4.47. The van der Waals surface area contributed by atoms with E-state index < -0.39 is 0 Å². The topological polar surface area (TPSA) is 59.2 Å². The van der Waals surface area contributed by atoms with Crippen LogP contribution in [0, 0.1) is 6.92 Å². The van der Waals surface area contributed by atoms with Gasteiger partial charge < -0.3 is 4.90 Å². The summed E-state index contributed by atoms with van der Waals surface area (Å²) in [5.74, 6) is 3.53. The third-order valence-electron chi connectivity index (χ3n) is 5.70. The summed E-state index contributed by atoms with van der Waals surface area (Å²) < 4.78 is 2.13. The number of pyridine rings is 1. The maximum atomic E-state index is 4.86. The molecule has 1 aliphatic heterocycles. The van der Waals surface area contributed by atoms with Gasteiger partial charge in [-0.3, -0.25) is 4.40 Å². The number of aromatic nitrogens is 5. The number of hydrogen-bond donors (Lipinski definition) is 0. The normalized spacial score (nSPS) is 20.3. The average Bonchev–Trinajstić information content (AvgIpc) is 3.11. The number of piperidine rings is 1. The predicted octanol–water partition coefficient (Wildman–Crippen LogP) is 3.09. The molecule has 6 nitrogen and oxygen atoms in total. The zero-order chi connectivity index (χ0) is 17.5. The van der Waals surface area contributed by atoms with E-state index in [1.54, 1.807) is 0 Å². The Bertz CT molecular complexity index is 947. The molecular weight excluding hydrogens is 324 g/mol. The molecule has 0 saturated carbocycles. The lowest BCUT2D eigenvalue weighted by atomic mass is 9.93. The van der Waals surface area contributed by atoms with Crippen LogP contribution in [0.4, 0.5) is 5.82 Å². The second-order valence-corrected chi connectivity index (χ2v) is 7.50. The molecular formula is C20H24N6. The minimum absolute atomic E-state index is 0.385. The van der Waals surface area contributed by atoms with Crippen LogP contribution in [0.1, 0.15) is 54.5 Å². The molecule has 5 rings (SSSR count). The number of fused-ring (bicyclic) bond motifs is 2. The molecule has 1 aliphatic carbocycles. The van der Waals surface area contributed by atoms with Crippen molar-refractivity contribution in [3.63, 3.8) is 0 Å². The predicted molar refractivity (Wildman–Crippen MR) is 101 cm³/mol. The Balaban J connectivity index is 1.49. The molecule has 2 aliphatic rings. The average molecular weight is 348 g/mol. The van der Waals surface area contributed by atoms with Gasteiger partial charge in [0.1, 0.15) is 17.5 Å². The van der Waals surface area contributed by atoms with Gasteiger partial charge in [0, 0.05) is 36.5 Å². The Labute approximate surface area is 153 Å². The first kappa shape index (κ1) is 15.7. The van der Waals surface area contributed by atoms with Gasteiger partial charge >= 0.3 is 0 Å². The lowest BCUT2D eigenvalue weighted by molar-refractivity contribution is 0.482. The van der Waals surface area contributed by atoms with Gasteiger partial charge in [0.2, 0.25) is 0 Å². The highest BCUT2D eigenvalue weighted by molar-refractivity contribution is 5.51. The molecule has 0 N–H and O–H groups in total. The Kier molecular flexibility index (Phi) is 3.84. The van der Waals surface area contributed by atoms with Crippen molar-refractivity contribution in [1.82, 2.24) is 24.6 Å². The Morgan fingerprint density at radius 3 is 2.92 bits per heavy atom. The molecule has 0 bridgehead atoms. The van der Waals surface area contributed by atoms with E-state index in [2.05, 4.69) is 25.7 Å². The third kappa shape index (κ3) is 2.64. The minimum Gasteiger partial charge on any atom is -0.356 e. The Hall–Kier alpha value is -2.50. The zero-order valence-electron chi connectivity index (χ0n) is 15.2. The number of hydrogen-bond acceptors (Lipinski definition) is 5. The second-order valence-electron chi connectivity index (χ2n) is 7.50. The zero-order valence-corrected chi connectivity index (χ0v) is 15.2. The van der Waals surface area contributed by atoms with Gasteiger partial charge in [-0.25, -0.2) is 9.97 Å². The van der Waals surface area contributed by atoms with Crippen molar-refractivity contribution < 1.29 is 0 Å². The quantitative estimate of drug-likeness (QED) is 0.712. The maximum absolute atomic E-state index is 4.86. The van der Waals surface area contributed by atoms with E-state index in [-0.39, 0.29) is 0 Å². The number of anilines is 1. The van der Waals surface area contributed by atoms with Crippen molar-refractivity contribution in [3.05, 3.63) is 47.3 Å². The highest BCUT2D eigenvalue weighted by atomic mass is 15.3. The molecule has 0 aromatic carbocycles. The van der Waals surface area contributed by atoms with Crippen molar-refractivity contribution in [2.45, 2.75) is 51.4 Å². The first-order valence-electron chi connectivity index (χ1n) is 9.70. The first-order chi connectivity index (χ1) is 12.8. The summed E-state index contributed by atoms with van der Waals surface area (Å²) in [5, 5.41) is 8.85. The van der Waals surface area contributed by atoms with Gasteiger partial charge in [-0.05, 0) is 57.6 Å². The minimum atomic E-state index is 0.385. The van der Waals surface area contributed by atoms with E-state index in [1.165, 1.54) is 29.9 Å². The van der Waals surface area contributed by atoms with Crippen LogP contribution in [-0.4, -0.2) is 37.7 Å². The summed E-state index contributed by atoms with van der Waals surface area (Å²) >= 11 is 0. The summed E-state index contributed by atoms with van der Waals surface area (Å²) in [6.45, 7) is 4.04.